The number of aromatic nitrogens is 1. The maximum atomic E-state index is 13.4. The second-order valence-corrected chi connectivity index (χ2v) is 8.50. The molecule has 0 aliphatic carbocycles. The first-order valence-electron chi connectivity index (χ1n) is 9.06. The summed E-state index contributed by atoms with van der Waals surface area (Å²) in [5, 5.41) is 0.743. The Labute approximate surface area is 185 Å². The number of aryl methyl sites for hydroxylation is 2. The van der Waals surface area contributed by atoms with Crippen molar-refractivity contribution >= 4 is 56.6 Å². The van der Waals surface area contributed by atoms with Crippen molar-refractivity contribution < 1.29 is 9.18 Å². The molecule has 1 heterocycles. The van der Waals surface area contributed by atoms with Crippen LogP contribution in [0.25, 0.3) is 10.2 Å². The number of rotatable bonds is 6. The Balaban J connectivity index is 0.00000300. The molecule has 29 heavy (non-hydrogen) atoms. The molecule has 0 bridgehead atoms. The van der Waals surface area contributed by atoms with Crippen LogP contribution in [0.3, 0.4) is 0 Å². The fourth-order valence-corrected chi connectivity index (χ4v) is 4.39. The van der Waals surface area contributed by atoms with Crippen molar-refractivity contribution in [2.24, 2.45) is 0 Å². The van der Waals surface area contributed by atoms with E-state index in [1.807, 2.05) is 34.0 Å². The van der Waals surface area contributed by atoms with Crippen molar-refractivity contribution in [3.63, 3.8) is 0 Å². The van der Waals surface area contributed by atoms with E-state index in [2.05, 4.69) is 11.0 Å². The average Bonchev–Trinajstić information content (AvgIpc) is 3.07. The Morgan fingerprint density at radius 2 is 1.83 bits per heavy atom. The van der Waals surface area contributed by atoms with Gasteiger partial charge < -0.3 is 4.90 Å². The van der Waals surface area contributed by atoms with Crippen molar-refractivity contribution in [3.05, 3.63) is 57.9 Å². The van der Waals surface area contributed by atoms with E-state index < -0.39 is 5.82 Å². The highest BCUT2D eigenvalue weighted by Crippen LogP contribution is 2.34. The lowest BCUT2D eigenvalue weighted by molar-refractivity contribution is 0.0986. The molecule has 0 radical (unpaired) electrons. The van der Waals surface area contributed by atoms with Crippen LogP contribution < -0.4 is 4.90 Å². The van der Waals surface area contributed by atoms with Crippen LogP contribution >= 0.6 is 35.3 Å². The summed E-state index contributed by atoms with van der Waals surface area (Å²) < 4.78 is 14.5. The fraction of sp³-hybridized carbons (Fsp3) is 0.333. The van der Waals surface area contributed by atoms with Crippen LogP contribution in [-0.2, 0) is 0 Å². The third kappa shape index (κ3) is 5.25. The highest BCUT2D eigenvalue weighted by Gasteiger charge is 2.24. The third-order valence-corrected chi connectivity index (χ3v) is 6.08. The number of nitrogens with zero attached hydrogens (tertiary/aromatic N) is 3. The van der Waals surface area contributed by atoms with E-state index in [0.29, 0.717) is 11.7 Å². The number of benzene rings is 2. The van der Waals surface area contributed by atoms with Crippen molar-refractivity contribution in [1.29, 1.82) is 0 Å². The highest BCUT2D eigenvalue weighted by molar-refractivity contribution is 7.22. The van der Waals surface area contributed by atoms with E-state index in [1.54, 1.807) is 4.90 Å². The monoisotopic (exact) mass is 455 g/mol. The van der Waals surface area contributed by atoms with Gasteiger partial charge in [0.05, 0.1) is 20.8 Å². The fourth-order valence-electron chi connectivity index (χ4n) is 3.00. The molecule has 0 aliphatic rings. The smallest absolute Gasteiger partial charge is 0.261 e. The number of anilines is 1. The Kier molecular flexibility index (Phi) is 8.00. The van der Waals surface area contributed by atoms with E-state index in [0.717, 1.165) is 34.3 Å². The molecule has 0 aliphatic heterocycles. The lowest BCUT2D eigenvalue weighted by Gasteiger charge is -2.21. The summed E-state index contributed by atoms with van der Waals surface area (Å²) in [6.07, 6.45) is 0.783. The summed E-state index contributed by atoms with van der Waals surface area (Å²) in [4.78, 5) is 21.8. The summed E-state index contributed by atoms with van der Waals surface area (Å²) in [6.45, 7) is 5.39. The molecule has 0 saturated carbocycles. The minimum absolute atomic E-state index is 0. The Morgan fingerprint density at radius 3 is 2.45 bits per heavy atom. The van der Waals surface area contributed by atoms with Crippen molar-refractivity contribution in [2.75, 3.05) is 32.1 Å². The summed E-state index contributed by atoms with van der Waals surface area (Å²) in [7, 11) is 3.99. The molecular formula is C21H24Cl2FN3OS. The quantitative estimate of drug-likeness (QED) is 0.476. The average molecular weight is 456 g/mol. The predicted octanol–water partition coefficient (Wildman–Crippen LogP) is 5.73. The first-order chi connectivity index (χ1) is 13.3. The zero-order chi connectivity index (χ0) is 20.4. The van der Waals surface area contributed by atoms with Crippen LogP contribution in [0.5, 0.6) is 0 Å². The van der Waals surface area contributed by atoms with Gasteiger partial charge in [-0.1, -0.05) is 35.1 Å². The largest absolute Gasteiger partial charge is 0.309 e. The van der Waals surface area contributed by atoms with E-state index in [4.69, 9.17) is 16.6 Å². The minimum Gasteiger partial charge on any atom is -0.309 e. The van der Waals surface area contributed by atoms with E-state index in [1.165, 1.54) is 29.5 Å². The molecule has 156 valence electrons. The number of carbonyl (C=O) groups is 1. The number of hydrogen-bond donors (Lipinski definition) is 0. The van der Waals surface area contributed by atoms with Gasteiger partial charge in [0, 0.05) is 6.54 Å². The standard InChI is InChI=1S/C21H23ClFN3OS.ClH/c1-13-6-7-14(2)19-18(13)24-21(28-19)26(11-5-10-25(3)4)20(27)16-9-8-15(23)12-17(16)22;/h6-9,12H,5,10-11H2,1-4H3;1H. The third-order valence-electron chi connectivity index (χ3n) is 4.56. The molecule has 0 saturated heterocycles. The number of halogens is 3. The molecule has 0 atom stereocenters. The Hall–Kier alpha value is -1.73. The van der Waals surface area contributed by atoms with Crippen LogP contribution in [-0.4, -0.2) is 43.0 Å². The SMILES string of the molecule is Cc1ccc(C)c2sc(N(CCCN(C)C)C(=O)c3ccc(F)cc3Cl)nc12.Cl. The summed E-state index contributed by atoms with van der Waals surface area (Å²) in [6, 6.07) is 7.96. The van der Waals surface area contributed by atoms with Crippen molar-refractivity contribution in [3.8, 4) is 0 Å². The van der Waals surface area contributed by atoms with E-state index >= 15 is 0 Å². The second-order valence-electron chi connectivity index (χ2n) is 7.11. The van der Waals surface area contributed by atoms with Crippen LogP contribution in [0.15, 0.2) is 30.3 Å². The lowest BCUT2D eigenvalue weighted by atomic mass is 10.1. The normalized spacial score (nSPS) is 11.0. The molecule has 8 heteroatoms. The zero-order valence-corrected chi connectivity index (χ0v) is 19.2. The Morgan fingerprint density at radius 1 is 1.14 bits per heavy atom. The van der Waals surface area contributed by atoms with Gasteiger partial charge in [0.1, 0.15) is 5.82 Å². The van der Waals surface area contributed by atoms with Crippen LogP contribution in [0.4, 0.5) is 9.52 Å². The van der Waals surface area contributed by atoms with Crippen molar-refractivity contribution in [1.82, 2.24) is 9.88 Å². The summed E-state index contributed by atoms with van der Waals surface area (Å²) >= 11 is 7.66. The number of amides is 1. The molecule has 3 rings (SSSR count). The van der Waals surface area contributed by atoms with Gasteiger partial charge >= 0.3 is 0 Å². The van der Waals surface area contributed by atoms with Gasteiger partial charge in [-0.3, -0.25) is 9.69 Å². The molecule has 2 aromatic carbocycles. The van der Waals surface area contributed by atoms with Gasteiger partial charge in [-0.25, -0.2) is 9.37 Å². The molecule has 1 aromatic heterocycles. The molecule has 3 aromatic rings. The van der Waals surface area contributed by atoms with Crippen LogP contribution in [0.1, 0.15) is 27.9 Å². The lowest BCUT2D eigenvalue weighted by Crippen LogP contribution is -2.33. The van der Waals surface area contributed by atoms with Crippen molar-refractivity contribution in [2.45, 2.75) is 20.3 Å². The maximum absolute atomic E-state index is 13.4. The van der Waals surface area contributed by atoms with Gasteiger partial charge in [-0.2, -0.15) is 0 Å². The second kappa shape index (κ2) is 9.85. The van der Waals surface area contributed by atoms with Gasteiger partial charge in [0.15, 0.2) is 5.13 Å². The molecule has 4 nitrogen and oxygen atoms in total. The van der Waals surface area contributed by atoms with Crippen LogP contribution in [0, 0.1) is 19.7 Å². The predicted molar refractivity (Wildman–Crippen MR) is 123 cm³/mol. The maximum Gasteiger partial charge on any atom is 0.261 e. The first kappa shape index (κ1) is 23.5. The number of fused-ring (bicyclic) bond motifs is 1. The van der Waals surface area contributed by atoms with Gasteiger partial charge in [-0.15, -0.1) is 12.4 Å². The molecular weight excluding hydrogens is 432 g/mol. The van der Waals surface area contributed by atoms with E-state index in [-0.39, 0.29) is 28.9 Å². The van der Waals surface area contributed by atoms with E-state index in [9.17, 15) is 9.18 Å². The summed E-state index contributed by atoms with van der Waals surface area (Å²) in [5.74, 6) is -0.731. The number of thiazole rings is 1. The number of hydrogen-bond acceptors (Lipinski definition) is 4. The van der Waals surface area contributed by atoms with Gasteiger partial charge in [-0.05, 0) is 70.2 Å². The zero-order valence-electron chi connectivity index (χ0n) is 16.8. The highest BCUT2D eigenvalue weighted by atomic mass is 35.5. The molecule has 0 N–H and O–H groups in total. The molecule has 1 amide bonds. The molecule has 0 spiro atoms. The molecule has 0 unspecified atom stereocenters. The minimum atomic E-state index is -0.466. The van der Waals surface area contributed by atoms with Crippen LogP contribution in [0.2, 0.25) is 5.02 Å². The first-order valence-corrected chi connectivity index (χ1v) is 10.3. The van der Waals surface area contributed by atoms with Gasteiger partial charge in [0.25, 0.3) is 5.91 Å². The summed E-state index contributed by atoms with van der Waals surface area (Å²) in [5.41, 5.74) is 3.39. The van der Waals surface area contributed by atoms with Gasteiger partial charge in [0.2, 0.25) is 0 Å². The topological polar surface area (TPSA) is 36.4 Å². The Bertz CT molecular complexity index is 984. The molecule has 0 fully saturated rings. The number of carbonyl (C=O) groups excluding carboxylic acids is 1.